The lowest BCUT2D eigenvalue weighted by Crippen LogP contribution is -2.35. The van der Waals surface area contributed by atoms with Crippen LogP contribution in [-0.2, 0) is 6.42 Å². The van der Waals surface area contributed by atoms with Crippen molar-refractivity contribution in [2.75, 3.05) is 6.54 Å². The van der Waals surface area contributed by atoms with E-state index in [4.69, 9.17) is 0 Å². The summed E-state index contributed by atoms with van der Waals surface area (Å²) in [5.41, 5.74) is 3.48. The van der Waals surface area contributed by atoms with Crippen molar-refractivity contribution < 1.29 is 0 Å². The van der Waals surface area contributed by atoms with E-state index in [1.165, 1.54) is 24.8 Å². The van der Waals surface area contributed by atoms with Crippen molar-refractivity contribution in [2.45, 2.75) is 31.7 Å². The molecule has 1 fully saturated rings. The highest BCUT2D eigenvalue weighted by atomic mass is 14.9. The van der Waals surface area contributed by atoms with Crippen LogP contribution in [0.3, 0.4) is 0 Å². The second-order valence-corrected chi connectivity index (χ2v) is 5.14. The Bertz CT molecular complexity index is 519. The Balaban J connectivity index is 1.76. The Hall–Kier alpha value is -1.74. The summed E-state index contributed by atoms with van der Waals surface area (Å²) in [6.07, 6.45) is 10.3. The van der Waals surface area contributed by atoms with Crippen LogP contribution in [0.25, 0.3) is 11.3 Å². The Kier molecular flexibility index (Phi) is 3.84. The number of nitrogens with zero attached hydrogens (tertiary/aromatic N) is 2. The highest BCUT2D eigenvalue weighted by Crippen LogP contribution is 2.19. The van der Waals surface area contributed by atoms with Crippen molar-refractivity contribution in [3.8, 4) is 11.3 Å². The van der Waals surface area contributed by atoms with Crippen molar-refractivity contribution in [3.05, 3.63) is 48.4 Å². The summed E-state index contributed by atoms with van der Waals surface area (Å²) in [4.78, 5) is 8.49. The van der Waals surface area contributed by atoms with Gasteiger partial charge in [-0.05, 0) is 37.4 Å². The molecule has 1 aliphatic heterocycles. The van der Waals surface area contributed by atoms with Gasteiger partial charge in [-0.15, -0.1) is 0 Å². The molecule has 0 saturated carbocycles. The molecule has 3 heteroatoms. The van der Waals surface area contributed by atoms with Gasteiger partial charge in [0.2, 0.25) is 0 Å². The standard InChI is InChI=1S/C16H19N3/c1-2-7-18-15(6-1)11-13-4-3-5-14(10-13)16-12-17-8-9-19-16/h3-5,8-10,12,15,18H,1-2,6-7,11H2. The van der Waals surface area contributed by atoms with E-state index in [2.05, 4.69) is 39.6 Å². The van der Waals surface area contributed by atoms with Crippen molar-refractivity contribution in [1.82, 2.24) is 15.3 Å². The Morgan fingerprint density at radius 1 is 1.21 bits per heavy atom. The maximum Gasteiger partial charge on any atom is 0.0885 e. The average Bonchev–Trinajstić information content (AvgIpc) is 2.49. The summed E-state index contributed by atoms with van der Waals surface area (Å²) < 4.78 is 0. The first kappa shape index (κ1) is 12.3. The normalized spacial score (nSPS) is 19.3. The Morgan fingerprint density at radius 3 is 3.00 bits per heavy atom. The lowest BCUT2D eigenvalue weighted by molar-refractivity contribution is 0.399. The van der Waals surface area contributed by atoms with Crippen LogP contribution in [0.5, 0.6) is 0 Å². The van der Waals surface area contributed by atoms with E-state index in [1.54, 1.807) is 12.4 Å². The van der Waals surface area contributed by atoms with E-state index in [1.807, 2.05) is 6.20 Å². The molecule has 1 unspecified atom stereocenters. The fourth-order valence-electron chi connectivity index (χ4n) is 2.69. The lowest BCUT2D eigenvalue weighted by atomic mass is 9.96. The highest BCUT2D eigenvalue weighted by Gasteiger charge is 2.13. The molecule has 0 bridgehead atoms. The molecular weight excluding hydrogens is 234 g/mol. The van der Waals surface area contributed by atoms with Gasteiger partial charge in [-0.2, -0.15) is 0 Å². The fourth-order valence-corrected chi connectivity index (χ4v) is 2.69. The number of rotatable bonds is 3. The smallest absolute Gasteiger partial charge is 0.0885 e. The van der Waals surface area contributed by atoms with Gasteiger partial charge >= 0.3 is 0 Å². The minimum atomic E-state index is 0.630. The molecule has 0 amide bonds. The molecule has 2 heterocycles. The van der Waals surface area contributed by atoms with Crippen LogP contribution in [0, 0.1) is 0 Å². The van der Waals surface area contributed by atoms with Crippen LogP contribution in [0.1, 0.15) is 24.8 Å². The van der Waals surface area contributed by atoms with Gasteiger partial charge in [0.25, 0.3) is 0 Å². The summed E-state index contributed by atoms with van der Waals surface area (Å²) in [5.74, 6) is 0. The molecule has 0 radical (unpaired) electrons. The molecular formula is C16H19N3. The van der Waals surface area contributed by atoms with Crippen LogP contribution in [0.4, 0.5) is 0 Å². The maximum absolute atomic E-state index is 4.36. The molecule has 1 N–H and O–H groups in total. The van der Waals surface area contributed by atoms with Gasteiger partial charge < -0.3 is 5.32 Å². The van der Waals surface area contributed by atoms with Gasteiger partial charge in [-0.3, -0.25) is 9.97 Å². The molecule has 1 aromatic heterocycles. The summed E-state index contributed by atoms with van der Waals surface area (Å²) in [5, 5.41) is 3.60. The fraction of sp³-hybridized carbons (Fsp3) is 0.375. The van der Waals surface area contributed by atoms with Gasteiger partial charge in [0.05, 0.1) is 11.9 Å². The minimum absolute atomic E-state index is 0.630. The van der Waals surface area contributed by atoms with Crippen molar-refractivity contribution >= 4 is 0 Å². The molecule has 3 rings (SSSR count). The topological polar surface area (TPSA) is 37.8 Å². The Morgan fingerprint density at radius 2 is 2.21 bits per heavy atom. The number of piperidine rings is 1. The largest absolute Gasteiger partial charge is 0.314 e. The molecule has 0 aliphatic carbocycles. The Labute approximate surface area is 114 Å². The second-order valence-electron chi connectivity index (χ2n) is 5.14. The van der Waals surface area contributed by atoms with E-state index in [0.29, 0.717) is 6.04 Å². The van der Waals surface area contributed by atoms with Crippen LogP contribution in [0.2, 0.25) is 0 Å². The third-order valence-corrected chi connectivity index (χ3v) is 3.68. The lowest BCUT2D eigenvalue weighted by Gasteiger charge is -2.23. The zero-order chi connectivity index (χ0) is 12.9. The molecule has 1 atom stereocenters. The van der Waals surface area contributed by atoms with Gasteiger partial charge in [0, 0.05) is 24.0 Å². The summed E-state index contributed by atoms with van der Waals surface area (Å²) in [6.45, 7) is 1.16. The van der Waals surface area contributed by atoms with E-state index in [0.717, 1.165) is 24.2 Å². The number of aromatic nitrogens is 2. The van der Waals surface area contributed by atoms with Crippen LogP contribution in [0.15, 0.2) is 42.9 Å². The summed E-state index contributed by atoms with van der Waals surface area (Å²) >= 11 is 0. The van der Waals surface area contributed by atoms with Crippen LogP contribution < -0.4 is 5.32 Å². The molecule has 98 valence electrons. The second kappa shape index (κ2) is 5.93. The predicted molar refractivity (Wildman–Crippen MR) is 76.8 cm³/mol. The number of nitrogens with one attached hydrogen (secondary N) is 1. The summed E-state index contributed by atoms with van der Waals surface area (Å²) in [7, 11) is 0. The third-order valence-electron chi connectivity index (χ3n) is 3.68. The van der Waals surface area contributed by atoms with Crippen molar-refractivity contribution in [2.24, 2.45) is 0 Å². The predicted octanol–water partition coefficient (Wildman–Crippen LogP) is 2.83. The van der Waals surface area contributed by atoms with Gasteiger partial charge in [0.1, 0.15) is 0 Å². The molecule has 1 aromatic carbocycles. The zero-order valence-electron chi connectivity index (χ0n) is 11.0. The van der Waals surface area contributed by atoms with E-state index >= 15 is 0 Å². The third kappa shape index (κ3) is 3.18. The molecule has 2 aromatic rings. The molecule has 1 saturated heterocycles. The summed E-state index contributed by atoms with van der Waals surface area (Å²) in [6, 6.07) is 9.28. The van der Waals surface area contributed by atoms with Gasteiger partial charge in [-0.25, -0.2) is 0 Å². The van der Waals surface area contributed by atoms with E-state index in [-0.39, 0.29) is 0 Å². The van der Waals surface area contributed by atoms with Crippen molar-refractivity contribution in [3.63, 3.8) is 0 Å². The number of hydrogen-bond acceptors (Lipinski definition) is 3. The van der Waals surface area contributed by atoms with Gasteiger partial charge in [0.15, 0.2) is 0 Å². The monoisotopic (exact) mass is 253 g/mol. The molecule has 0 spiro atoms. The minimum Gasteiger partial charge on any atom is -0.314 e. The quantitative estimate of drug-likeness (QED) is 0.914. The molecule has 1 aliphatic rings. The van der Waals surface area contributed by atoms with Crippen LogP contribution in [-0.4, -0.2) is 22.6 Å². The van der Waals surface area contributed by atoms with E-state index < -0.39 is 0 Å². The zero-order valence-corrected chi connectivity index (χ0v) is 11.0. The van der Waals surface area contributed by atoms with Crippen LogP contribution >= 0.6 is 0 Å². The molecule has 19 heavy (non-hydrogen) atoms. The first-order valence-electron chi connectivity index (χ1n) is 7.00. The number of hydrogen-bond donors (Lipinski definition) is 1. The first-order valence-corrected chi connectivity index (χ1v) is 7.00. The van der Waals surface area contributed by atoms with E-state index in [9.17, 15) is 0 Å². The molecule has 3 nitrogen and oxygen atoms in total. The van der Waals surface area contributed by atoms with Gasteiger partial charge in [-0.1, -0.05) is 24.6 Å². The highest BCUT2D eigenvalue weighted by molar-refractivity contribution is 5.58. The SMILES string of the molecule is c1cc(CC2CCCCN2)cc(-c2cnccn2)c1. The van der Waals surface area contributed by atoms with Crippen molar-refractivity contribution in [1.29, 1.82) is 0 Å². The first-order chi connectivity index (χ1) is 9.42. The average molecular weight is 253 g/mol. The number of benzene rings is 1. The maximum atomic E-state index is 4.36.